The molecule has 1 fully saturated rings. The Kier molecular flexibility index (Phi) is 6.59. The van der Waals surface area contributed by atoms with Gasteiger partial charge in [-0.2, -0.15) is 4.31 Å². The quantitative estimate of drug-likeness (QED) is 0.643. The van der Waals surface area contributed by atoms with Crippen molar-refractivity contribution in [3.63, 3.8) is 0 Å². The highest BCUT2D eigenvalue weighted by atomic mass is 32.2. The lowest BCUT2D eigenvalue weighted by molar-refractivity contribution is 0.189. The molecule has 0 radical (unpaired) electrons. The van der Waals surface area contributed by atoms with Gasteiger partial charge in [-0.05, 0) is 41.9 Å². The molecule has 2 aromatic rings. The maximum absolute atomic E-state index is 13.3. The zero-order valence-electron chi connectivity index (χ0n) is 16.7. The van der Waals surface area contributed by atoms with Gasteiger partial charge >= 0.3 is 0 Å². The van der Waals surface area contributed by atoms with E-state index in [4.69, 9.17) is 9.47 Å². The molecule has 0 atom stereocenters. The zero-order chi connectivity index (χ0) is 20.1. The maximum atomic E-state index is 13.3. The number of likely N-dealkylation sites (tertiary alicyclic amines) is 1. The molecule has 1 saturated heterocycles. The van der Waals surface area contributed by atoms with E-state index < -0.39 is 10.0 Å². The second kappa shape index (κ2) is 8.94. The van der Waals surface area contributed by atoms with Crippen LogP contribution in [0.1, 0.15) is 18.1 Å². The predicted molar refractivity (Wildman–Crippen MR) is 110 cm³/mol. The smallest absolute Gasteiger partial charge is 0.220 e. The van der Waals surface area contributed by atoms with Crippen LogP contribution in [0, 0.1) is 0 Å². The minimum atomic E-state index is -3.41. The fourth-order valence-electron chi connectivity index (χ4n) is 3.28. The van der Waals surface area contributed by atoms with Crippen molar-refractivity contribution in [1.29, 1.82) is 0 Å². The first-order chi connectivity index (χ1) is 13.5. The number of hydrogen-bond donors (Lipinski definition) is 0. The molecule has 0 bridgehead atoms. The van der Waals surface area contributed by atoms with Crippen molar-refractivity contribution in [3.05, 3.63) is 59.7 Å². The minimum Gasteiger partial charge on any atom is -0.497 e. The van der Waals surface area contributed by atoms with Crippen molar-refractivity contribution in [2.75, 3.05) is 33.9 Å². The summed E-state index contributed by atoms with van der Waals surface area (Å²) in [6, 6.07) is 15.1. The molecule has 1 aliphatic rings. The van der Waals surface area contributed by atoms with Crippen molar-refractivity contribution >= 4 is 10.0 Å². The summed E-state index contributed by atoms with van der Waals surface area (Å²) in [5, 5.41) is -0.344. The van der Waals surface area contributed by atoms with Crippen molar-refractivity contribution < 1.29 is 17.9 Å². The van der Waals surface area contributed by atoms with Crippen LogP contribution in [-0.2, 0) is 23.1 Å². The third-order valence-corrected chi connectivity index (χ3v) is 7.31. The molecular weight excluding hydrogens is 376 g/mol. The topological polar surface area (TPSA) is 59.1 Å². The Morgan fingerprint density at radius 1 is 0.893 bits per heavy atom. The lowest BCUT2D eigenvalue weighted by Crippen LogP contribution is -2.57. The first-order valence-electron chi connectivity index (χ1n) is 9.43. The first-order valence-corrected chi connectivity index (χ1v) is 10.9. The SMILES string of the molecule is CCN1CC(S(=O)(=O)N(Cc2ccc(OC)cc2)Cc2ccc(OC)cc2)C1. The van der Waals surface area contributed by atoms with E-state index >= 15 is 0 Å². The van der Waals surface area contributed by atoms with Gasteiger partial charge in [0, 0.05) is 26.2 Å². The summed E-state index contributed by atoms with van der Waals surface area (Å²) in [5.41, 5.74) is 1.87. The summed E-state index contributed by atoms with van der Waals surface area (Å²) in [5.74, 6) is 1.51. The third kappa shape index (κ3) is 4.66. The van der Waals surface area contributed by atoms with Crippen LogP contribution in [0.25, 0.3) is 0 Å². The average molecular weight is 405 g/mol. The number of hydrogen-bond acceptors (Lipinski definition) is 5. The highest BCUT2D eigenvalue weighted by Gasteiger charge is 2.40. The van der Waals surface area contributed by atoms with E-state index in [1.807, 2.05) is 48.5 Å². The molecule has 1 aliphatic heterocycles. The molecule has 6 nitrogen and oxygen atoms in total. The van der Waals surface area contributed by atoms with Gasteiger partial charge in [-0.1, -0.05) is 31.2 Å². The molecule has 0 spiro atoms. The number of nitrogens with zero attached hydrogens (tertiary/aromatic N) is 2. The summed E-state index contributed by atoms with van der Waals surface area (Å²) in [4.78, 5) is 2.14. The first kappa shape index (κ1) is 20.6. The Balaban J connectivity index is 1.81. The van der Waals surface area contributed by atoms with Crippen molar-refractivity contribution in [2.45, 2.75) is 25.3 Å². The molecule has 2 aromatic carbocycles. The number of ether oxygens (including phenoxy) is 2. The van der Waals surface area contributed by atoms with E-state index in [1.54, 1.807) is 18.5 Å². The second-order valence-corrected chi connectivity index (χ2v) is 9.20. The molecule has 0 unspecified atom stereocenters. The molecule has 0 saturated carbocycles. The van der Waals surface area contributed by atoms with Gasteiger partial charge in [0.15, 0.2) is 0 Å². The Bertz CT molecular complexity index is 811. The second-order valence-electron chi connectivity index (χ2n) is 6.98. The van der Waals surface area contributed by atoms with Gasteiger partial charge in [-0.3, -0.25) is 0 Å². The van der Waals surface area contributed by atoms with Crippen LogP contribution in [-0.4, -0.2) is 56.7 Å². The monoisotopic (exact) mass is 404 g/mol. The summed E-state index contributed by atoms with van der Waals surface area (Å²) in [7, 11) is -0.173. The predicted octanol–water partition coefficient (Wildman–Crippen LogP) is 2.74. The van der Waals surface area contributed by atoms with E-state index in [2.05, 4.69) is 11.8 Å². The van der Waals surface area contributed by atoms with Gasteiger partial charge in [0.2, 0.25) is 10.0 Å². The van der Waals surface area contributed by atoms with Crippen molar-refractivity contribution in [3.8, 4) is 11.5 Å². The molecule has 7 heteroatoms. The van der Waals surface area contributed by atoms with Crippen LogP contribution in [0.2, 0.25) is 0 Å². The molecule has 0 aliphatic carbocycles. The lowest BCUT2D eigenvalue weighted by Gasteiger charge is -2.40. The van der Waals surface area contributed by atoms with Crippen LogP contribution >= 0.6 is 0 Å². The lowest BCUT2D eigenvalue weighted by atomic mass is 10.2. The molecule has 1 heterocycles. The largest absolute Gasteiger partial charge is 0.497 e. The van der Waals surface area contributed by atoms with Crippen LogP contribution < -0.4 is 9.47 Å². The minimum absolute atomic E-state index is 0.334. The highest BCUT2D eigenvalue weighted by Crippen LogP contribution is 2.25. The summed E-state index contributed by atoms with van der Waals surface area (Å²) in [6.07, 6.45) is 0. The summed E-state index contributed by atoms with van der Waals surface area (Å²) >= 11 is 0. The Morgan fingerprint density at radius 2 is 1.32 bits per heavy atom. The highest BCUT2D eigenvalue weighted by molar-refractivity contribution is 7.89. The Hall–Kier alpha value is -2.09. The number of benzene rings is 2. The number of methoxy groups -OCH3 is 2. The normalized spacial score (nSPS) is 15.4. The van der Waals surface area contributed by atoms with E-state index in [-0.39, 0.29) is 5.25 Å². The van der Waals surface area contributed by atoms with Crippen LogP contribution in [0.3, 0.4) is 0 Å². The van der Waals surface area contributed by atoms with Gasteiger partial charge in [-0.15, -0.1) is 0 Å². The third-order valence-electron chi connectivity index (χ3n) is 5.19. The molecule has 0 amide bonds. The van der Waals surface area contributed by atoms with E-state index in [1.165, 1.54) is 0 Å². The van der Waals surface area contributed by atoms with Crippen molar-refractivity contribution in [1.82, 2.24) is 9.21 Å². The summed E-state index contributed by atoms with van der Waals surface area (Å²) < 4.78 is 38.5. The maximum Gasteiger partial charge on any atom is 0.220 e. The molecule has 0 N–H and O–H groups in total. The molecule has 152 valence electrons. The molecule has 3 rings (SSSR count). The Morgan fingerprint density at radius 3 is 1.68 bits per heavy atom. The van der Waals surface area contributed by atoms with Gasteiger partial charge in [0.1, 0.15) is 16.7 Å². The van der Waals surface area contributed by atoms with E-state index in [0.29, 0.717) is 26.2 Å². The molecule has 28 heavy (non-hydrogen) atoms. The Labute approximate surface area is 167 Å². The fraction of sp³-hybridized carbons (Fsp3) is 0.429. The van der Waals surface area contributed by atoms with Gasteiger partial charge < -0.3 is 14.4 Å². The molecule has 0 aromatic heterocycles. The van der Waals surface area contributed by atoms with Crippen LogP contribution in [0.4, 0.5) is 0 Å². The summed E-state index contributed by atoms with van der Waals surface area (Å²) in [6.45, 7) is 4.79. The molecular formula is C21H28N2O4S. The van der Waals surface area contributed by atoms with Crippen molar-refractivity contribution in [2.24, 2.45) is 0 Å². The van der Waals surface area contributed by atoms with Crippen LogP contribution in [0.5, 0.6) is 11.5 Å². The standard InChI is InChI=1S/C21H28N2O4S/c1-4-22-15-21(16-22)28(24,25)23(13-17-5-9-19(26-2)10-6-17)14-18-7-11-20(27-3)12-8-18/h5-12,21H,4,13-16H2,1-3H3. The number of sulfonamides is 1. The van der Waals surface area contributed by atoms with E-state index in [9.17, 15) is 8.42 Å². The fourth-order valence-corrected chi connectivity index (χ4v) is 5.16. The zero-order valence-corrected chi connectivity index (χ0v) is 17.5. The number of rotatable bonds is 9. The van der Waals surface area contributed by atoms with Crippen LogP contribution in [0.15, 0.2) is 48.5 Å². The average Bonchev–Trinajstić information content (AvgIpc) is 2.67. The van der Waals surface area contributed by atoms with E-state index in [0.717, 1.165) is 29.2 Å². The van der Waals surface area contributed by atoms with Gasteiger partial charge in [-0.25, -0.2) is 8.42 Å². The van der Waals surface area contributed by atoms with Gasteiger partial charge in [0.05, 0.1) is 14.2 Å². The van der Waals surface area contributed by atoms with Gasteiger partial charge in [0.25, 0.3) is 0 Å².